The number of benzene rings is 1. The highest BCUT2D eigenvalue weighted by Crippen LogP contribution is 2.18. The van der Waals surface area contributed by atoms with E-state index in [1.165, 1.54) is 5.52 Å². The Hall–Kier alpha value is -2.10. The first-order valence-corrected chi connectivity index (χ1v) is 6.70. The third-order valence-electron chi connectivity index (χ3n) is 3.43. The van der Waals surface area contributed by atoms with Gasteiger partial charge in [0.15, 0.2) is 0 Å². The monoisotopic (exact) mass is 254 g/mol. The molecule has 3 rings (SSSR count). The maximum atomic E-state index is 4.74. The van der Waals surface area contributed by atoms with Crippen LogP contribution in [-0.2, 0) is 20.0 Å². The van der Waals surface area contributed by atoms with E-state index in [4.69, 9.17) is 4.98 Å². The van der Waals surface area contributed by atoms with Crippen molar-refractivity contribution in [2.75, 3.05) is 0 Å². The van der Waals surface area contributed by atoms with E-state index in [-0.39, 0.29) is 0 Å². The van der Waals surface area contributed by atoms with Crippen LogP contribution in [0.3, 0.4) is 0 Å². The Morgan fingerprint density at radius 3 is 2.74 bits per heavy atom. The van der Waals surface area contributed by atoms with Crippen molar-refractivity contribution in [3.8, 4) is 0 Å². The second kappa shape index (κ2) is 4.88. The molecular weight excluding hydrogens is 236 g/mol. The highest BCUT2D eigenvalue weighted by atomic mass is 15.1. The summed E-state index contributed by atoms with van der Waals surface area (Å²) in [4.78, 5) is 9.15. The number of imidazole rings is 2. The third-order valence-corrected chi connectivity index (χ3v) is 3.43. The molecule has 1 aromatic carbocycles. The van der Waals surface area contributed by atoms with Crippen LogP contribution in [0.1, 0.15) is 25.0 Å². The summed E-state index contributed by atoms with van der Waals surface area (Å²) < 4.78 is 4.34. The van der Waals surface area contributed by atoms with Gasteiger partial charge in [0.25, 0.3) is 0 Å². The van der Waals surface area contributed by atoms with Crippen LogP contribution < -0.4 is 0 Å². The molecule has 0 aliphatic carbocycles. The zero-order valence-corrected chi connectivity index (χ0v) is 11.4. The molecule has 0 spiro atoms. The molecular formula is C15H18N4. The molecule has 3 aromatic rings. The van der Waals surface area contributed by atoms with Gasteiger partial charge in [-0.15, -0.1) is 0 Å². The fourth-order valence-corrected chi connectivity index (χ4v) is 2.41. The average Bonchev–Trinajstić information content (AvgIpc) is 2.96. The van der Waals surface area contributed by atoms with Crippen molar-refractivity contribution in [3.05, 3.63) is 48.3 Å². The van der Waals surface area contributed by atoms with Gasteiger partial charge in [-0.2, -0.15) is 0 Å². The number of hydrogen-bond donors (Lipinski definition) is 0. The first kappa shape index (κ1) is 12.0. The molecule has 0 amide bonds. The molecule has 0 radical (unpaired) electrons. The summed E-state index contributed by atoms with van der Waals surface area (Å²) in [7, 11) is 2.03. The molecule has 0 saturated heterocycles. The van der Waals surface area contributed by atoms with Gasteiger partial charge in [0.05, 0.1) is 17.6 Å². The fourth-order valence-electron chi connectivity index (χ4n) is 2.41. The van der Waals surface area contributed by atoms with Crippen LogP contribution in [0.15, 0.2) is 36.7 Å². The second-order valence-electron chi connectivity index (χ2n) is 4.81. The molecule has 0 bridgehead atoms. The van der Waals surface area contributed by atoms with Crippen molar-refractivity contribution < 1.29 is 0 Å². The summed E-state index contributed by atoms with van der Waals surface area (Å²) in [6.45, 7) is 2.96. The SMILES string of the molecule is CCCc1nc2ccccc2n1Cc1nccn1C. The summed E-state index contributed by atoms with van der Waals surface area (Å²) in [5, 5.41) is 0. The minimum Gasteiger partial charge on any atom is -0.337 e. The summed E-state index contributed by atoms with van der Waals surface area (Å²) in [6.07, 6.45) is 5.92. The lowest BCUT2D eigenvalue weighted by Gasteiger charge is -2.08. The molecule has 2 aromatic heterocycles. The molecule has 0 aliphatic rings. The number of rotatable bonds is 4. The van der Waals surface area contributed by atoms with Crippen LogP contribution in [0.5, 0.6) is 0 Å². The van der Waals surface area contributed by atoms with E-state index < -0.39 is 0 Å². The van der Waals surface area contributed by atoms with Crippen LogP contribution >= 0.6 is 0 Å². The molecule has 98 valence electrons. The van der Waals surface area contributed by atoms with E-state index in [1.807, 2.05) is 25.5 Å². The van der Waals surface area contributed by atoms with Gasteiger partial charge in [-0.05, 0) is 18.6 Å². The van der Waals surface area contributed by atoms with Gasteiger partial charge in [0.1, 0.15) is 11.6 Å². The quantitative estimate of drug-likeness (QED) is 0.717. The van der Waals surface area contributed by atoms with Crippen molar-refractivity contribution >= 4 is 11.0 Å². The van der Waals surface area contributed by atoms with Crippen LogP contribution in [0, 0.1) is 0 Å². The summed E-state index contributed by atoms with van der Waals surface area (Å²) >= 11 is 0. The van der Waals surface area contributed by atoms with Crippen molar-refractivity contribution in [1.29, 1.82) is 0 Å². The number of para-hydroxylation sites is 2. The molecule has 0 aliphatic heterocycles. The molecule has 0 N–H and O–H groups in total. The van der Waals surface area contributed by atoms with E-state index in [1.54, 1.807) is 0 Å². The minimum absolute atomic E-state index is 0.777. The Labute approximate surface area is 112 Å². The van der Waals surface area contributed by atoms with E-state index in [2.05, 4.69) is 39.2 Å². The summed E-state index contributed by atoms with van der Waals surface area (Å²) in [5.41, 5.74) is 2.26. The Morgan fingerprint density at radius 1 is 1.16 bits per heavy atom. The van der Waals surface area contributed by atoms with Gasteiger partial charge in [-0.1, -0.05) is 19.1 Å². The van der Waals surface area contributed by atoms with Crippen molar-refractivity contribution in [3.63, 3.8) is 0 Å². The normalized spacial score (nSPS) is 11.3. The Balaban J connectivity index is 2.09. The number of hydrogen-bond acceptors (Lipinski definition) is 2. The van der Waals surface area contributed by atoms with Gasteiger partial charge in [0.2, 0.25) is 0 Å². The lowest BCUT2D eigenvalue weighted by molar-refractivity contribution is 0.668. The highest BCUT2D eigenvalue weighted by molar-refractivity contribution is 5.76. The highest BCUT2D eigenvalue weighted by Gasteiger charge is 2.11. The average molecular weight is 254 g/mol. The topological polar surface area (TPSA) is 35.6 Å². The van der Waals surface area contributed by atoms with E-state index >= 15 is 0 Å². The number of nitrogens with zero attached hydrogens (tertiary/aromatic N) is 4. The predicted molar refractivity (Wildman–Crippen MR) is 76.0 cm³/mol. The number of aryl methyl sites for hydroxylation is 2. The summed E-state index contributed by atoms with van der Waals surface area (Å²) in [5.74, 6) is 2.20. The molecule has 0 fully saturated rings. The third kappa shape index (κ3) is 2.14. The van der Waals surface area contributed by atoms with Gasteiger partial charge in [-0.25, -0.2) is 9.97 Å². The van der Waals surface area contributed by atoms with Crippen molar-refractivity contribution in [1.82, 2.24) is 19.1 Å². The van der Waals surface area contributed by atoms with E-state index in [9.17, 15) is 0 Å². The number of fused-ring (bicyclic) bond motifs is 1. The van der Waals surface area contributed by atoms with Gasteiger partial charge < -0.3 is 9.13 Å². The first-order chi connectivity index (χ1) is 9.29. The molecule has 0 saturated carbocycles. The van der Waals surface area contributed by atoms with E-state index in [0.29, 0.717) is 0 Å². The zero-order valence-electron chi connectivity index (χ0n) is 11.4. The standard InChI is InChI=1S/C15H18N4/c1-3-6-14-17-12-7-4-5-8-13(12)19(14)11-15-16-9-10-18(15)2/h4-5,7-10H,3,6,11H2,1-2H3. The maximum absolute atomic E-state index is 4.74. The van der Waals surface area contributed by atoms with E-state index in [0.717, 1.165) is 36.6 Å². The van der Waals surface area contributed by atoms with Crippen LogP contribution in [0.2, 0.25) is 0 Å². The zero-order chi connectivity index (χ0) is 13.2. The molecule has 0 atom stereocenters. The second-order valence-corrected chi connectivity index (χ2v) is 4.81. The van der Waals surface area contributed by atoms with Crippen molar-refractivity contribution in [2.24, 2.45) is 7.05 Å². The smallest absolute Gasteiger partial charge is 0.128 e. The number of aromatic nitrogens is 4. The lowest BCUT2D eigenvalue weighted by Crippen LogP contribution is -2.09. The molecule has 4 nitrogen and oxygen atoms in total. The predicted octanol–water partition coefficient (Wildman–Crippen LogP) is 2.77. The molecule has 2 heterocycles. The fraction of sp³-hybridized carbons (Fsp3) is 0.333. The minimum atomic E-state index is 0.777. The van der Waals surface area contributed by atoms with Gasteiger partial charge >= 0.3 is 0 Å². The van der Waals surface area contributed by atoms with Crippen LogP contribution in [0.25, 0.3) is 11.0 Å². The van der Waals surface area contributed by atoms with Gasteiger partial charge in [-0.3, -0.25) is 0 Å². The molecule has 0 unspecified atom stereocenters. The molecule has 19 heavy (non-hydrogen) atoms. The lowest BCUT2D eigenvalue weighted by atomic mass is 10.3. The van der Waals surface area contributed by atoms with Gasteiger partial charge in [0, 0.05) is 25.9 Å². The molecule has 4 heteroatoms. The summed E-state index contributed by atoms with van der Waals surface area (Å²) in [6, 6.07) is 8.30. The van der Waals surface area contributed by atoms with Crippen LogP contribution in [0.4, 0.5) is 0 Å². The maximum Gasteiger partial charge on any atom is 0.128 e. The Morgan fingerprint density at radius 2 is 2.00 bits per heavy atom. The van der Waals surface area contributed by atoms with Crippen molar-refractivity contribution in [2.45, 2.75) is 26.3 Å². The largest absolute Gasteiger partial charge is 0.337 e. The van der Waals surface area contributed by atoms with Crippen LogP contribution in [-0.4, -0.2) is 19.1 Å². The first-order valence-electron chi connectivity index (χ1n) is 6.70. The Bertz CT molecular complexity index is 693. The Kier molecular flexibility index (Phi) is 3.07.